The summed E-state index contributed by atoms with van der Waals surface area (Å²) in [5, 5.41) is 3.44. The molecule has 2 saturated heterocycles. The molecule has 0 saturated carbocycles. The number of rotatable bonds is 6. The van der Waals surface area contributed by atoms with E-state index in [0.29, 0.717) is 50.3 Å². The minimum absolute atomic E-state index is 0.0303. The number of hydrogen-bond acceptors (Lipinski definition) is 5. The van der Waals surface area contributed by atoms with Crippen molar-refractivity contribution in [1.82, 2.24) is 14.5 Å². The summed E-state index contributed by atoms with van der Waals surface area (Å²) in [6.45, 7) is 1.88. The van der Waals surface area contributed by atoms with Crippen molar-refractivity contribution in [3.05, 3.63) is 29.3 Å². The molecule has 2 fully saturated rings. The number of benzene rings is 1. The Morgan fingerprint density at radius 1 is 1.11 bits per heavy atom. The molecular formula is C18H25ClN4O4S. The van der Waals surface area contributed by atoms with Crippen LogP contribution >= 0.6 is 11.6 Å². The van der Waals surface area contributed by atoms with Crippen molar-refractivity contribution in [2.24, 2.45) is 5.73 Å². The van der Waals surface area contributed by atoms with Crippen LogP contribution in [0.25, 0.3) is 0 Å². The maximum absolute atomic E-state index is 13.0. The molecule has 0 bridgehead atoms. The van der Waals surface area contributed by atoms with Crippen LogP contribution in [0.1, 0.15) is 25.7 Å². The molecule has 0 radical (unpaired) electrons. The molecule has 1 aromatic carbocycles. The van der Waals surface area contributed by atoms with E-state index in [-0.39, 0.29) is 29.3 Å². The van der Waals surface area contributed by atoms with Gasteiger partial charge in [0.2, 0.25) is 21.8 Å². The van der Waals surface area contributed by atoms with Gasteiger partial charge in [0.25, 0.3) is 0 Å². The largest absolute Gasteiger partial charge is 0.369 e. The third kappa shape index (κ3) is 4.83. The van der Waals surface area contributed by atoms with E-state index >= 15 is 0 Å². The lowest BCUT2D eigenvalue weighted by atomic mass is 10.0. The molecule has 3 N–H and O–H groups in total. The Hall–Kier alpha value is -1.68. The molecular weight excluding hydrogens is 404 g/mol. The first-order valence-electron chi connectivity index (χ1n) is 9.36. The average Bonchev–Trinajstić information content (AvgIpc) is 3.14. The second-order valence-corrected chi connectivity index (χ2v) is 9.58. The lowest BCUT2D eigenvalue weighted by Crippen LogP contribution is -2.52. The normalized spacial score (nSPS) is 22.2. The Bertz CT molecular complexity index is 822. The fourth-order valence-electron chi connectivity index (χ4n) is 3.79. The fourth-order valence-corrected chi connectivity index (χ4v) is 5.57. The zero-order valence-corrected chi connectivity index (χ0v) is 17.1. The zero-order valence-electron chi connectivity index (χ0n) is 15.5. The molecule has 2 amide bonds. The maximum atomic E-state index is 13.0. The quantitative estimate of drug-likeness (QED) is 0.687. The van der Waals surface area contributed by atoms with Gasteiger partial charge < -0.3 is 11.1 Å². The fraction of sp³-hybridized carbons (Fsp3) is 0.556. The van der Waals surface area contributed by atoms with E-state index in [1.54, 1.807) is 0 Å². The van der Waals surface area contributed by atoms with E-state index in [1.807, 2.05) is 4.90 Å². The van der Waals surface area contributed by atoms with Gasteiger partial charge in [-0.25, -0.2) is 8.42 Å². The lowest BCUT2D eigenvalue weighted by Gasteiger charge is -2.32. The molecule has 1 aromatic rings. The van der Waals surface area contributed by atoms with Crippen molar-refractivity contribution in [2.75, 3.05) is 26.2 Å². The van der Waals surface area contributed by atoms with Gasteiger partial charge in [-0.2, -0.15) is 4.31 Å². The topological polar surface area (TPSA) is 113 Å². The van der Waals surface area contributed by atoms with Crippen LogP contribution in [0.15, 0.2) is 29.2 Å². The highest BCUT2D eigenvalue weighted by molar-refractivity contribution is 7.89. The van der Waals surface area contributed by atoms with Crippen molar-refractivity contribution in [2.45, 2.75) is 42.7 Å². The molecule has 0 spiro atoms. The standard InChI is InChI=1S/C18H25ClN4O4S/c19-13-3-5-15(6-4-13)28(26,27)23-9-1-2-16(23)18(25)21-14-7-10-22(11-8-14)12-17(20)24/h3-6,14,16H,1-2,7-12H2,(H2,20,24)(H,21,25). The van der Waals surface area contributed by atoms with Crippen molar-refractivity contribution in [1.29, 1.82) is 0 Å². The molecule has 0 aromatic heterocycles. The summed E-state index contributed by atoms with van der Waals surface area (Å²) in [7, 11) is -3.76. The first-order chi connectivity index (χ1) is 13.3. The summed E-state index contributed by atoms with van der Waals surface area (Å²) >= 11 is 5.85. The van der Waals surface area contributed by atoms with Crippen LogP contribution in [0.5, 0.6) is 0 Å². The summed E-state index contributed by atoms with van der Waals surface area (Å²) in [4.78, 5) is 25.9. The molecule has 0 aliphatic carbocycles. The number of nitrogens with two attached hydrogens (primary N) is 1. The van der Waals surface area contributed by atoms with Gasteiger partial charge in [-0.1, -0.05) is 11.6 Å². The average molecular weight is 429 g/mol. The summed E-state index contributed by atoms with van der Waals surface area (Å²) < 4.78 is 27.2. The lowest BCUT2D eigenvalue weighted by molar-refractivity contribution is -0.125. The molecule has 154 valence electrons. The predicted octanol–water partition coefficient (Wildman–Crippen LogP) is 0.559. The highest BCUT2D eigenvalue weighted by atomic mass is 35.5. The molecule has 1 unspecified atom stereocenters. The van der Waals surface area contributed by atoms with Gasteiger partial charge in [0.15, 0.2) is 0 Å². The third-order valence-electron chi connectivity index (χ3n) is 5.24. The van der Waals surface area contributed by atoms with Crippen LogP contribution in [0.4, 0.5) is 0 Å². The van der Waals surface area contributed by atoms with Gasteiger partial charge in [-0.3, -0.25) is 14.5 Å². The molecule has 2 heterocycles. The molecule has 3 rings (SSSR count). The summed E-state index contributed by atoms with van der Waals surface area (Å²) in [5.41, 5.74) is 5.21. The van der Waals surface area contributed by atoms with Gasteiger partial charge >= 0.3 is 0 Å². The number of hydrogen-bond donors (Lipinski definition) is 2. The summed E-state index contributed by atoms with van der Waals surface area (Å²) in [5.74, 6) is -0.625. The maximum Gasteiger partial charge on any atom is 0.243 e. The molecule has 2 aliphatic heterocycles. The van der Waals surface area contributed by atoms with E-state index in [1.165, 1.54) is 28.6 Å². The third-order valence-corrected chi connectivity index (χ3v) is 7.41. The number of piperidine rings is 1. The Kier molecular flexibility index (Phi) is 6.59. The van der Waals surface area contributed by atoms with Crippen LogP contribution in [-0.2, 0) is 19.6 Å². The van der Waals surface area contributed by atoms with Gasteiger partial charge in [-0.15, -0.1) is 0 Å². The molecule has 10 heteroatoms. The SMILES string of the molecule is NC(=O)CN1CCC(NC(=O)C2CCCN2S(=O)(=O)c2ccc(Cl)cc2)CC1. The highest BCUT2D eigenvalue weighted by Gasteiger charge is 2.40. The zero-order chi connectivity index (χ0) is 20.3. The summed E-state index contributed by atoms with van der Waals surface area (Å²) in [6.07, 6.45) is 2.55. The van der Waals surface area contributed by atoms with Crippen LogP contribution in [0.3, 0.4) is 0 Å². The van der Waals surface area contributed by atoms with Crippen molar-refractivity contribution in [3.63, 3.8) is 0 Å². The number of nitrogens with zero attached hydrogens (tertiary/aromatic N) is 2. The number of likely N-dealkylation sites (tertiary alicyclic amines) is 1. The van der Waals surface area contributed by atoms with Crippen LogP contribution < -0.4 is 11.1 Å². The number of carbonyl (C=O) groups is 2. The first kappa shape index (κ1) is 21.0. The molecule has 28 heavy (non-hydrogen) atoms. The number of sulfonamides is 1. The Balaban J connectivity index is 1.62. The van der Waals surface area contributed by atoms with Gasteiger partial charge in [-0.05, 0) is 49.9 Å². The van der Waals surface area contributed by atoms with E-state index in [9.17, 15) is 18.0 Å². The van der Waals surface area contributed by atoms with Crippen LogP contribution in [-0.4, -0.2) is 67.7 Å². The van der Waals surface area contributed by atoms with Gasteiger partial charge in [0.1, 0.15) is 6.04 Å². The van der Waals surface area contributed by atoms with Crippen LogP contribution in [0, 0.1) is 0 Å². The molecule has 1 atom stereocenters. The number of nitrogens with one attached hydrogen (secondary N) is 1. The number of primary amides is 1. The van der Waals surface area contributed by atoms with Crippen molar-refractivity contribution >= 4 is 33.4 Å². The Labute approximate surface area is 170 Å². The van der Waals surface area contributed by atoms with Crippen LogP contribution in [0.2, 0.25) is 5.02 Å². The molecule has 2 aliphatic rings. The number of halogens is 1. The van der Waals surface area contributed by atoms with E-state index in [2.05, 4.69) is 5.32 Å². The van der Waals surface area contributed by atoms with E-state index in [4.69, 9.17) is 17.3 Å². The van der Waals surface area contributed by atoms with Gasteiger partial charge in [0.05, 0.1) is 11.4 Å². The Morgan fingerprint density at radius 3 is 2.36 bits per heavy atom. The number of amides is 2. The Morgan fingerprint density at radius 2 is 1.75 bits per heavy atom. The van der Waals surface area contributed by atoms with Crippen molar-refractivity contribution in [3.8, 4) is 0 Å². The second kappa shape index (κ2) is 8.77. The molecule has 8 nitrogen and oxygen atoms in total. The van der Waals surface area contributed by atoms with Crippen molar-refractivity contribution < 1.29 is 18.0 Å². The van der Waals surface area contributed by atoms with E-state index < -0.39 is 16.1 Å². The van der Waals surface area contributed by atoms with E-state index in [0.717, 1.165) is 0 Å². The minimum Gasteiger partial charge on any atom is -0.369 e. The predicted molar refractivity (Wildman–Crippen MR) is 105 cm³/mol. The first-order valence-corrected chi connectivity index (χ1v) is 11.2. The summed E-state index contributed by atoms with van der Waals surface area (Å²) in [6, 6.07) is 5.24. The number of carbonyl (C=O) groups excluding carboxylic acids is 2. The minimum atomic E-state index is -3.76. The highest BCUT2D eigenvalue weighted by Crippen LogP contribution is 2.27. The smallest absolute Gasteiger partial charge is 0.243 e. The monoisotopic (exact) mass is 428 g/mol. The van der Waals surface area contributed by atoms with Gasteiger partial charge in [0, 0.05) is 30.7 Å². The second-order valence-electron chi connectivity index (χ2n) is 7.25.